The van der Waals surface area contributed by atoms with Crippen LogP contribution in [-0.4, -0.2) is 5.33 Å². The van der Waals surface area contributed by atoms with E-state index in [-0.39, 0.29) is 0 Å². The molecule has 2 aliphatic carbocycles. The largest absolute Gasteiger partial charge is 0.0876 e. The fourth-order valence-electron chi connectivity index (χ4n) is 1.49. The van der Waals surface area contributed by atoms with Crippen LogP contribution in [0.1, 0.15) is 6.42 Å². The summed E-state index contributed by atoms with van der Waals surface area (Å²) in [6.07, 6.45) is 16.2. The highest BCUT2D eigenvalue weighted by Gasteiger charge is 2.04. The highest BCUT2D eigenvalue weighted by molar-refractivity contribution is 9.09. The van der Waals surface area contributed by atoms with Gasteiger partial charge in [0.05, 0.1) is 0 Å². The molecular formula is C12H11Br. The molecule has 0 saturated heterocycles. The van der Waals surface area contributed by atoms with Crippen molar-refractivity contribution >= 4 is 15.9 Å². The second-order valence-corrected chi connectivity index (χ2v) is 3.71. The number of hydrogen-bond donors (Lipinski definition) is 0. The Kier molecular flexibility index (Phi) is 2.65. The van der Waals surface area contributed by atoms with Crippen molar-refractivity contribution in [2.24, 2.45) is 0 Å². The molecule has 0 aromatic heterocycles. The van der Waals surface area contributed by atoms with E-state index in [1.807, 2.05) is 0 Å². The number of alkyl halides is 1. The second kappa shape index (κ2) is 3.93. The van der Waals surface area contributed by atoms with Crippen LogP contribution >= 0.6 is 15.9 Å². The van der Waals surface area contributed by atoms with Crippen LogP contribution in [0.3, 0.4) is 0 Å². The molecule has 0 fully saturated rings. The molecule has 0 radical (unpaired) electrons. The minimum Gasteiger partial charge on any atom is -0.0876 e. The van der Waals surface area contributed by atoms with Crippen LogP contribution in [0.25, 0.3) is 0 Å². The standard InChI is InChI=1S/C12H11Br/c13-9-10-5-7-12(8-6-10)11-3-1-2-4-11/h1-7H,8-9H2. The Morgan fingerprint density at radius 2 is 1.85 bits per heavy atom. The van der Waals surface area contributed by atoms with Gasteiger partial charge in [0.25, 0.3) is 0 Å². The van der Waals surface area contributed by atoms with Gasteiger partial charge in [-0.25, -0.2) is 0 Å². The third-order valence-corrected chi connectivity index (χ3v) is 2.92. The first kappa shape index (κ1) is 8.76. The van der Waals surface area contributed by atoms with E-state index < -0.39 is 0 Å². The Balaban J connectivity index is 2.21. The van der Waals surface area contributed by atoms with Crippen molar-refractivity contribution in [2.45, 2.75) is 6.42 Å². The van der Waals surface area contributed by atoms with Crippen LogP contribution < -0.4 is 0 Å². The zero-order valence-electron chi connectivity index (χ0n) is 7.33. The number of halogens is 1. The molecule has 0 aromatic rings. The van der Waals surface area contributed by atoms with Gasteiger partial charge >= 0.3 is 0 Å². The zero-order chi connectivity index (χ0) is 9.10. The first-order chi connectivity index (χ1) is 6.40. The quantitative estimate of drug-likeness (QED) is 0.608. The summed E-state index contributed by atoms with van der Waals surface area (Å²) in [4.78, 5) is 0. The molecule has 0 aliphatic heterocycles. The number of rotatable bonds is 1. The molecule has 0 atom stereocenters. The van der Waals surface area contributed by atoms with E-state index in [1.165, 1.54) is 16.7 Å². The van der Waals surface area contributed by atoms with Crippen LogP contribution in [0.2, 0.25) is 0 Å². The van der Waals surface area contributed by atoms with E-state index in [0.717, 1.165) is 11.8 Å². The van der Waals surface area contributed by atoms with Crippen LogP contribution in [0.5, 0.6) is 0 Å². The molecule has 2 rings (SSSR count). The Bertz CT molecular complexity index is 337. The summed E-state index contributed by atoms with van der Waals surface area (Å²) in [5.74, 6) is 0. The van der Waals surface area contributed by atoms with E-state index in [1.54, 1.807) is 0 Å². The predicted octanol–water partition coefficient (Wildman–Crippen LogP) is 3.69. The first-order valence-electron chi connectivity index (χ1n) is 4.41. The molecule has 1 heteroatoms. The van der Waals surface area contributed by atoms with Crippen molar-refractivity contribution in [3.63, 3.8) is 0 Å². The van der Waals surface area contributed by atoms with Crippen LogP contribution in [0.15, 0.2) is 59.3 Å². The molecule has 0 amide bonds. The normalized spacial score (nSPS) is 19.9. The summed E-state index contributed by atoms with van der Waals surface area (Å²) in [6.45, 7) is 0. The molecule has 0 heterocycles. The highest BCUT2D eigenvalue weighted by atomic mass is 79.9. The van der Waals surface area contributed by atoms with E-state index >= 15 is 0 Å². The van der Waals surface area contributed by atoms with E-state index in [0.29, 0.717) is 0 Å². The molecular weight excluding hydrogens is 224 g/mol. The van der Waals surface area contributed by atoms with Crippen molar-refractivity contribution < 1.29 is 0 Å². The van der Waals surface area contributed by atoms with Crippen molar-refractivity contribution in [2.75, 3.05) is 5.33 Å². The molecule has 0 bridgehead atoms. The van der Waals surface area contributed by atoms with Crippen LogP contribution in [0.4, 0.5) is 0 Å². The molecule has 2 aliphatic rings. The van der Waals surface area contributed by atoms with Gasteiger partial charge in [0.15, 0.2) is 0 Å². The topological polar surface area (TPSA) is 0 Å². The summed E-state index contributed by atoms with van der Waals surface area (Å²) in [5, 5.41) is 0.956. The Hall–Kier alpha value is -0.820. The molecule has 0 unspecified atom stereocenters. The fourth-order valence-corrected chi connectivity index (χ4v) is 1.90. The highest BCUT2D eigenvalue weighted by Crippen LogP contribution is 2.23. The van der Waals surface area contributed by atoms with Gasteiger partial charge in [-0.05, 0) is 23.1 Å². The molecule has 0 saturated carbocycles. The molecule has 66 valence electrons. The monoisotopic (exact) mass is 234 g/mol. The lowest BCUT2D eigenvalue weighted by Crippen LogP contribution is -1.90. The van der Waals surface area contributed by atoms with E-state index in [4.69, 9.17) is 0 Å². The third kappa shape index (κ3) is 1.92. The van der Waals surface area contributed by atoms with Gasteiger partial charge in [-0.1, -0.05) is 58.5 Å². The maximum Gasteiger partial charge on any atom is 0.0280 e. The smallest absolute Gasteiger partial charge is 0.0280 e. The van der Waals surface area contributed by atoms with E-state index in [2.05, 4.69) is 58.5 Å². The van der Waals surface area contributed by atoms with Gasteiger partial charge in [-0.15, -0.1) is 0 Å². The fraction of sp³-hybridized carbons (Fsp3) is 0.167. The summed E-state index contributed by atoms with van der Waals surface area (Å²) in [7, 11) is 0. The van der Waals surface area contributed by atoms with Crippen molar-refractivity contribution in [1.82, 2.24) is 0 Å². The van der Waals surface area contributed by atoms with Gasteiger partial charge in [0.1, 0.15) is 0 Å². The minimum absolute atomic E-state index is 0.956. The maximum absolute atomic E-state index is 3.45. The first-order valence-corrected chi connectivity index (χ1v) is 5.53. The predicted molar refractivity (Wildman–Crippen MR) is 60.9 cm³/mol. The summed E-state index contributed by atoms with van der Waals surface area (Å²) < 4.78 is 0. The van der Waals surface area contributed by atoms with Crippen LogP contribution in [0, 0.1) is 0 Å². The summed E-state index contributed by atoms with van der Waals surface area (Å²) in [6, 6.07) is 0. The molecule has 0 N–H and O–H groups in total. The Labute approximate surface area is 87.2 Å². The van der Waals surface area contributed by atoms with Gasteiger partial charge in [-0.2, -0.15) is 0 Å². The van der Waals surface area contributed by atoms with Crippen molar-refractivity contribution in [3.05, 3.63) is 59.3 Å². The number of allylic oxidation sites excluding steroid dienone is 10. The molecule has 0 spiro atoms. The van der Waals surface area contributed by atoms with Gasteiger partial charge in [-0.3, -0.25) is 0 Å². The van der Waals surface area contributed by atoms with Crippen molar-refractivity contribution in [3.8, 4) is 0 Å². The average molecular weight is 235 g/mol. The van der Waals surface area contributed by atoms with E-state index in [9.17, 15) is 0 Å². The summed E-state index contributed by atoms with van der Waals surface area (Å²) >= 11 is 3.45. The maximum atomic E-state index is 3.45. The Morgan fingerprint density at radius 3 is 2.38 bits per heavy atom. The average Bonchev–Trinajstić information content (AvgIpc) is 2.71. The van der Waals surface area contributed by atoms with Gasteiger partial charge in [0, 0.05) is 5.33 Å². The second-order valence-electron chi connectivity index (χ2n) is 3.15. The van der Waals surface area contributed by atoms with Gasteiger partial charge in [0.2, 0.25) is 0 Å². The van der Waals surface area contributed by atoms with Gasteiger partial charge < -0.3 is 0 Å². The SMILES string of the molecule is BrCC1=CCC(=C2C=CC=C2)C=C1. The lowest BCUT2D eigenvalue weighted by atomic mass is 9.99. The zero-order valence-corrected chi connectivity index (χ0v) is 8.92. The van der Waals surface area contributed by atoms with Crippen LogP contribution in [-0.2, 0) is 0 Å². The minimum atomic E-state index is 0.956. The third-order valence-electron chi connectivity index (χ3n) is 2.27. The lowest BCUT2D eigenvalue weighted by Gasteiger charge is -2.08. The van der Waals surface area contributed by atoms with Crippen molar-refractivity contribution in [1.29, 1.82) is 0 Å². The summed E-state index contributed by atoms with van der Waals surface area (Å²) in [5.41, 5.74) is 4.13. The molecule has 13 heavy (non-hydrogen) atoms. The lowest BCUT2D eigenvalue weighted by molar-refractivity contribution is 1.21. The number of hydrogen-bond acceptors (Lipinski definition) is 0. The molecule has 0 aromatic carbocycles. The molecule has 0 nitrogen and oxygen atoms in total. The Morgan fingerprint density at radius 1 is 1.08 bits per heavy atom.